The molecule has 13 heavy (non-hydrogen) atoms. The van der Waals surface area contributed by atoms with Gasteiger partial charge in [-0.2, -0.15) is 0 Å². The van der Waals surface area contributed by atoms with E-state index in [0.29, 0.717) is 0 Å². The van der Waals surface area contributed by atoms with E-state index >= 15 is 0 Å². The zero-order valence-corrected chi connectivity index (χ0v) is 10.0. The Kier molecular flexibility index (Phi) is 6.06. The lowest BCUT2D eigenvalue weighted by Gasteiger charge is -2.22. The molecule has 0 unspecified atom stereocenters. The van der Waals surface area contributed by atoms with E-state index < -0.39 is 0 Å². The average molecular weight is 184 g/mol. The number of rotatable bonds is 6. The average Bonchev–Trinajstić information content (AvgIpc) is 1.93. The van der Waals surface area contributed by atoms with Crippen molar-refractivity contribution in [2.24, 2.45) is 5.92 Å². The lowest BCUT2D eigenvalue weighted by Crippen LogP contribution is -2.34. The van der Waals surface area contributed by atoms with Gasteiger partial charge >= 0.3 is 0 Å². The molecule has 0 aromatic carbocycles. The summed E-state index contributed by atoms with van der Waals surface area (Å²) in [5.74, 6) is 0.836. The number of hydrogen-bond donors (Lipinski definition) is 0. The second-order valence-electron chi connectivity index (χ2n) is 5.25. The zero-order valence-electron chi connectivity index (χ0n) is 10.0. The highest BCUT2D eigenvalue weighted by atomic mass is 15.3. The molecule has 0 saturated heterocycles. The van der Waals surface area contributed by atoms with Gasteiger partial charge in [-0.25, -0.2) is 0 Å². The van der Waals surface area contributed by atoms with Gasteiger partial charge in [0.15, 0.2) is 0 Å². The Bertz CT molecular complexity index is 140. The van der Waals surface area contributed by atoms with E-state index in [9.17, 15) is 0 Å². The molecule has 0 atom stereocenters. The van der Waals surface area contributed by atoms with E-state index in [0.717, 1.165) is 10.4 Å². The summed E-state index contributed by atoms with van der Waals surface area (Å²) in [5.41, 5.74) is 0. The van der Waals surface area contributed by atoms with E-state index in [1.807, 2.05) is 0 Å². The lowest BCUT2D eigenvalue weighted by atomic mass is 10.1. The van der Waals surface area contributed by atoms with Crippen LogP contribution in [0, 0.1) is 5.92 Å². The predicted molar refractivity (Wildman–Crippen MR) is 60.7 cm³/mol. The summed E-state index contributed by atoms with van der Waals surface area (Å²) in [6, 6.07) is 0. The fourth-order valence-corrected chi connectivity index (χ4v) is 1.13. The summed E-state index contributed by atoms with van der Waals surface area (Å²) in [6.07, 6.45) is 8.43. The Hall–Kier alpha value is -0.300. The van der Waals surface area contributed by atoms with Crippen molar-refractivity contribution in [1.29, 1.82) is 0 Å². The van der Waals surface area contributed by atoms with Gasteiger partial charge in [0.1, 0.15) is 0 Å². The molecule has 0 saturated carbocycles. The molecule has 1 heteroatoms. The zero-order chi connectivity index (χ0) is 10.3. The highest BCUT2D eigenvalue weighted by Gasteiger charge is 2.02. The topological polar surface area (TPSA) is 0 Å². The third kappa shape index (κ3) is 11.7. The fraction of sp³-hybridized carbons (Fsp3) is 0.833. The van der Waals surface area contributed by atoms with Crippen molar-refractivity contribution in [1.82, 2.24) is 0 Å². The van der Waals surface area contributed by atoms with Crippen LogP contribution < -0.4 is 0 Å². The molecule has 0 fully saturated rings. The number of allylic oxidation sites excluding steroid dienone is 1. The smallest absolute Gasteiger partial charge is 0.0815 e. The summed E-state index contributed by atoms with van der Waals surface area (Å²) in [7, 11) is 6.71. The van der Waals surface area contributed by atoms with Gasteiger partial charge in [0, 0.05) is 6.42 Å². The van der Waals surface area contributed by atoms with Crippen molar-refractivity contribution < 1.29 is 4.48 Å². The molecular weight excluding hydrogens is 158 g/mol. The highest BCUT2D eigenvalue weighted by molar-refractivity contribution is 4.81. The molecule has 0 heterocycles. The van der Waals surface area contributed by atoms with Gasteiger partial charge in [-0.1, -0.05) is 26.0 Å². The van der Waals surface area contributed by atoms with Gasteiger partial charge in [-0.05, 0) is 18.8 Å². The Labute approximate surface area is 84.0 Å². The van der Waals surface area contributed by atoms with Crippen molar-refractivity contribution >= 4 is 0 Å². The first-order chi connectivity index (χ1) is 5.92. The van der Waals surface area contributed by atoms with Crippen LogP contribution in [-0.4, -0.2) is 32.2 Å². The van der Waals surface area contributed by atoms with Crippen molar-refractivity contribution in [2.45, 2.75) is 33.1 Å². The van der Waals surface area contributed by atoms with Crippen molar-refractivity contribution in [3.8, 4) is 0 Å². The monoisotopic (exact) mass is 184 g/mol. The quantitative estimate of drug-likeness (QED) is 0.439. The van der Waals surface area contributed by atoms with Crippen LogP contribution in [0.1, 0.15) is 33.1 Å². The predicted octanol–water partition coefficient (Wildman–Crippen LogP) is 3.08. The lowest BCUT2D eigenvalue weighted by molar-refractivity contribution is -0.869. The van der Waals surface area contributed by atoms with E-state index in [2.05, 4.69) is 47.1 Å². The first-order valence-corrected chi connectivity index (χ1v) is 5.37. The van der Waals surface area contributed by atoms with E-state index in [4.69, 9.17) is 0 Å². The van der Waals surface area contributed by atoms with Gasteiger partial charge in [0.2, 0.25) is 0 Å². The minimum Gasteiger partial charge on any atom is -0.331 e. The standard InChI is InChI=1S/C12H26N/c1-12(2)10-8-6-7-9-11-13(3,4)5/h6-7,12H,8-11H2,1-5H3/q+1. The normalized spacial score (nSPS) is 13.1. The first-order valence-electron chi connectivity index (χ1n) is 5.37. The molecule has 0 spiro atoms. The number of nitrogens with zero attached hydrogens (tertiary/aromatic N) is 1. The Balaban J connectivity index is 3.32. The molecule has 78 valence electrons. The molecule has 0 rings (SSSR count). The maximum Gasteiger partial charge on any atom is 0.0815 e. The van der Waals surface area contributed by atoms with Crippen LogP contribution >= 0.6 is 0 Å². The van der Waals surface area contributed by atoms with E-state index in [1.54, 1.807) is 0 Å². The van der Waals surface area contributed by atoms with Crippen molar-refractivity contribution in [3.05, 3.63) is 12.2 Å². The van der Waals surface area contributed by atoms with Gasteiger partial charge in [0.05, 0.1) is 27.7 Å². The molecule has 0 amide bonds. The van der Waals surface area contributed by atoms with E-state index in [1.165, 1.54) is 25.8 Å². The van der Waals surface area contributed by atoms with E-state index in [-0.39, 0.29) is 0 Å². The molecule has 0 radical (unpaired) electrons. The molecule has 0 aromatic rings. The SMILES string of the molecule is CC(C)CCC=CCC[N+](C)(C)C. The molecule has 0 aliphatic rings. The van der Waals surface area contributed by atoms with Gasteiger partial charge in [-0.3, -0.25) is 0 Å². The third-order valence-electron chi connectivity index (χ3n) is 2.04. The van der Waals surface area contributed by atoms with Gasteiger partial charge in [-0.15, -0.1) is 0 Å². The summed E-state index contributed by atoms with van der Waals surface area (Å²) in [5, 5.41) is 0. The molecule has 0 aliphatic heterocycles. The Morgan fingerprint density at radius 1 is 1.00 bits per heavy atom. The molecule has 1 nitrogen and oxygen atoms in total. The minimum absolute atomic E-state index is 0.836. The van der Waals surface area contributed by atoms with Crippen LogP contribution in [-0.2, 0) is 0 Å². The van der Waals surface area contributed by atoms with Crippen LogP contribution in [0.15, 0.2) is 12.2 Å². The fourth-order valence-electron chi connectivity index (χ4n) is 1.13. The largest absolute Gasteiger partial charge is 0.331 e. The maximum atomic E-state index is 2.33. The summed E-state index contributed by atoms with van der Waals surface area (Å²) < 4.78 is 1.06. The summed E-state index contributed by atoms with van der Waals surface area (Å²) in [4.78, 5) is 0. The van der Waals surface area contributed by atoms with Gasteiger partial charge < -0.3 is 4.48 Å². The summed E-state index contributed by atoms with van der Waals surface area (Å²) >= 11 is 0. The Morgan fingerprint density at radius 3 is 2.00 bits per heavy atom. The minimum atomic E-state index is 0.836. The van der Waals surface area contributed by atoms with Crippen LogP contribution in [0.2, 0.25) is 0 Å². The first kappa shape index (κ1) is 12.7. The van der Waals surface area contributed by atoms with Crippen molar-refractivity contribution in [2.75, 3.05) is 27.7 Å². The van der Waals surface area contributed by atoms with Crippen LogP contribution in [0.25, 0.3) is 0 Å². The molecule has 0 bridgehead atoms. The van der Waals surface area contributed by atoms with Crippen molar-refractivity contribution in [3.63, 3.8) is 0 Å². The third-order valence-corrected chi connectivity index (χ3v) is 2.04. The number of hydrogen-bond acceptors (Lipinski definition) is 0. The van der Waals surface area contributed by atoms with Crippen LogP contribution in [0.5, 0.6) is 0 Å². The molecule has 0 aromatic heterocycles. The van der Waals surface area contributed by atoms with Gasteiger partial charge in [0.25, 0.3) is 0 Å². The number of quaternary nitrogens is 1. The Morgan fingerprint density at radius 2 is 1.54 bits per heavy atom. The second-order valence-corrected chi connectivity index (χ2v) is 5.25. The maximum absolute atomic E-state index is 2.33. The second kappa shape index (κ2) is 6.20. The molecular formula is C12H26N+. The molecule has 0 aliphatic carbocycles. The highest BCUT2D eigenvalue weighted by Crippen LogP contribution is 2.04. The molecule has 0 N–H and O–H groups in total. The van der Waals surface area contributed by atoms with Crippen LogP contribution in [0.4, 0.5) is 0 Å². The summed E-state index contributed by atoms with van der Waals surface area (Å²) in [6.45, 7) is 5.79. The van der Waals surface area contributed by atoms with Crippen LogP contribution in [0.3, 0.4) is 0 Å².